The normalized spacial score (nSPS) is 13.1. The predicted molar refractivity (Wildman–Crippen MR) is 84.8 cm³/mol. The van der Waals surface area contributed by atoms with Gasteiger partial charge in [0.25, 0.3) is 0 Å². The molecule has 0 fully saturated rings. The number of hydrogen-bond donors (Lipinski definition) is 1. The molecule has 1 atom stereocenters. The highest BCUT2D eigenvalue weighted by molar-refractivity contribution is 6.20. The number of anilines is 1. The van der Waals surface area contributed by atoms with E-state index in [9.17, 15) is 0 Å². The smallest absolute Gasteiger partial charge is 0.226 e. The molecule has 0 radical (unpaired) electrons. The lowest BCUT2D eigenvalue weighted by Crippen LogP contribution is -2.21. The Balaban J connectivity index is 2.56. The number of nitrogens with zero attached hydrogens (tertiary/aromatic N) is 2. The Bertz CT molecular complexity index is 418. The Morgan fingerprint density at radius 1 is 1.35 bits per heavy atom. The minimum Gasteiger partial charge on any atom is -0.478 e. The van der Waals surface area contributed by atoms with Crippen molar-refractivity contribution in [2.75, 3.05) is 18.5 Å². The number of aryl methyl sites for hydroxylation is 1. The van der Waals surface area contributed by atoms with E-state index in [1.807, 2.05) is 13.0 Å². The lowest BCUT2D eigenvalue weighted by molar-refractivity contribution is 0.305. The minimum atomic E-state index is 0.0547. The van der Waals surface area contributed by atoms with Crippen LogP contribution in [0.3, 0.4) is 0 Å². The minimum absolute atomic E-state index is 0.0547. The van der Waals surface area contributed by atoms with E-state index in [1.54, 1.807) is 0 Å². The number of hydrogen-bond acceptors (Lipinski definition) is 4. The maximum atomic E-state index is 6.33. The number of rotatable bonds is 7. The van der Waals surface area contributed by atoms with Crippen LogP contribution in [0.25, 0.3) is 0 Å². The first-order valence-corrected chi connectivity index (χ1v) is 7.60. The van der Waals surface area contributed by atoms with Crippen LogP contribution in [0.15, 0.2) is 6.07 Å². The van der Waals surface area contributed by atoms with Crippen LogP contribution in [-0.2, 0) is 0 Å². The first-order chi connectivity index (χ1) is 9.30. The van der Waals surface area contributed by atoms with Crippen LogP contribution in [0.1, 0.15) is 46.2 Å². The average Bonchev–Trinajstić information content (AvgIpc) is 2.31. The van der Waals surface area contributed by atoms with Crippen molar-refractivity contribution in [3.05, 3.63) is 11.8 Å². The molecule has 0 bridgehead atoms. The zero-order valence-electron chi connectivity index (χ0n) is 13.2. The molecule has 0 aromatic carbocycles. The summed E-state index contributed by atoms with van der Waals surface area (Å²) >= 11 is 6.33. The molecule has 20 heavy (non-hydrogen) atoms. The molecule has 0 aliphatic carbocycles. The molecule has 0 saturated heterocycles. The SMILES string of the molecule is CCCOc1cc(C)nc(NCC(Cl)CC(C)(C)C)n1. The number of nitrogens with one attached hydrogen (secondary N) is 1. The van der Waals surface area contributed by atoms with Crippen molar-refractivity contribution in [3.8, 4) is 5.88 Å². The Kier molecular flexibility index (Phi) is 6.53. The highest BCUT2D eigenvalue weighted by Gasteiger charge is 2.17. The van der Waals surface area contributed by atoms with Crippen molar-refractivity contribution in [3.63, 3.8) is 0 Å². The van der Waals surface area contributed by atoms with E-state index in [0.717, 1.165) is 18.5 Å². The standard InChI is InChI=1S/C15H26ClN3O/c1-6-7-20-13-8-11(2)18-14(19-13)17-10-12(16)9-15(3,4)5/h8,12H,6-7,9-10H2,1-5H3,(H,17,18,19). The second-order valence-corrected chi connectivity index (χ2v) is 6.88. The monoisotopic (exact) mass is 299 g/mol. The summed E-state index contributed by atoms with van der Waals surface area (Å²) in [4.78, 5) is 8.69. The largest absolute Gasteiger partial charge is 0.478 e. The molecule has 1 heterocycles. The van der Waals surface area contributed by atoms with Gasteiger partial charge in [0.1, 0.15) is 0 Å². The summed E-state index contributed by atoms with van der Waals surface area (Å²) in [6, 6.07) is 1.84. The van der Waals surface area contributed by atoms with E-state index in [4.69, 9.17) is 16.3 Å². The highest BCUT2D eigenvalue weighted by Crippen LogP contribution is 2.23. The van der Waals surface area contributed by atoms with E-state index in [1.165, 1.54) is 0 Å². The third kappa shape index (κ3) is 6.94. The molecule has 0 aliphatic heterocycles. The fourth-order valence-electron chi connectivity index (χ4n) is 1.84. The van der Waals surface area contributed by atoms with Gasteiger partial charge in [-0.1, -0.05) is 27.7 Å². The van der Waals surface area contributed by atoms with Gasteiger partial charge >= 0.3 is 0 Å². The van der Waals surface area contributed by atoms with Crippen LogP contribution >= 0.6 is 11.6 Å². The van der Waals surface area contributed by atoms with Crippen LogP contribution in [0.5, 0.6) is 5.88 Å². The molecule has 0 saturated carbocycles. The van der Waals surface area contributed by atoms with Crippen LogP contribution in [0.4, 0.5) is 5.95 Å². The maximum absolute atomic E-state index is 6.33. The van der Waals surface area contributed by atoms with E-state index in [0.29, 0.717) is 25.0 Å². The fourth-order valence-corrected chi connectivity index (χ4v) is 2.38. The number of aromatic nitrogens is 2. The molecule has 0 amide bonds. The van der Waals surface area contributed by atoms with Gasteiger partial charge in [-0.25, -0.2) is 4.98 Å². The Labute approximate surface area is 127 Å². The zero-order valence-corrected chi connectivity index (χ0v) is 13.9. The summed E-state index contributed by atoms with van der Waals surface area (Å²) in [6.45, 7) is 11.9. The number of alkyl halides is 1. The van der Waals surface area contributed by atoms with Gasteiger partial charge < -0.3 is 10.1 Å². The van der Waals surface area contributed by atoms with Crippen molar-refractivity contribution in [2.45, 2.75) is 52.8 Å². The van der Waals surface area contributed by atoms with Crippen molar-refractivity contribution in [2.24, 2.45) is 5.41 Å². The highest BCUT2D eigenvalue weighted by atomic mass is 35.5. The predicted octanol–water partition coefficient (Wildman–Crippen LogP) is 4.03. The Hall–Kier alpha value is -1.03. The third-order valence-corrected chi connectivity index (χ3v) is 2.91. The Morgan fingerprint density at radius 2 is 2.05 bits per heavy atom. The molecular weight excluding hydrogens is 274 g/mol. The molecule has 1 aromatic rings. The van der Waals surface area contributed by atoms with Crippen molar-refractivity contribution in [1.29, 1.82) is 0 Å². The van der Waals surface area contributed by atoms with Crippen molar-refractivity contribution in [1.82, 2.24) is 9.97 Å². The van der Waals surface area contributed by atoms with Gasteiger partial charge in [-0.3, -0.25) is 0 Å². The quantitative estimate of drug-likeness (QED) is 0.772. The molecule has 0 spiro atoms. The van der Waals surface area contributed by atoms with E-state index in [-0.39, 0.29) is 10.8 Å². The molecule has 1 unspecified atom stereocenters. The second kappa shape index (κ2) is 7.67. The van der Waals surface area contributed by atoms with E-state index >= 15 is 0 Å². The first kappa shape index (κ1) is 17.0. The van der Waals surface area contributed by atoms with Gasteiger partial charge in [0, 0.05) is 18.3 Å². The van der Waals surface area contributed by atoms with Gasteiger partial charge in [-0.2, -0.15) is 4.98 Å². The molecule has 5 heteroatoms. The first-order valence-electron chi connectivity index (χ1n) is 7.16. The average molecular weight is 300 g/mol. The fraction of sp³-hybridized carbons (Fsp3) is 0.733. The van der Waals surface area contributed by atoms with Gasteiger partial charge in [0.2, 0.25) is 11.8 Å². The number of halogens is 1. The molecule has 0 aliphatic rings. The van der Waals surface area contributed by atoms with Crippen LogP contribution in [0.2, 0.25) is 0 Å². The summed E-state index contributed by atoms with van der Waals surface area (Å²) in [5.41, 5.74) is 1.10. The maximum Gasteiger partial charge on any atom is 0.226 e. The molecule has 1 N–H and O–H groups in total. The summed E-state index contributed by atoms with van der Waals surface area (Å²) in [5.74, 6) is 1.19. The molecule has 4 nitrogen and oxygen atoms in total. The van der Waals surface area contributed by atoms with Crippen molar-refractivity contribution >= 4 is 17.5 Å². The zero-order chi connectivity index (χ0) is 15.2. The van der Waals surface area contributed by atoms with Gasteiger partial charge in [-0.15, -0.1) is 11.6 Å². The van der Waals surface area contributed by atoms with E-state index in [2.05, 4.69) is 43.0 Å². The summed E-state index contributed by atoms with van der Waals surface area (Å²) in [6.07, 6.45) is 1.90. The van der Waals surface area contributed by atoms with Gasteiger partial charge in [0.15, 0.2) is 0 Å². The topological polar surface area (TPSA) is 47.0 Å². The van der Waals surface area contributed by atoms with Crippen LogP contribution in [-0.4, -0.2) is 28.5 Å². The molecule has 1 rings (SSSR count). The Morgan fingerprint density at radius 3 is 2.65 bits per heavy atom. The lowest BCUT2D eigenvalue weighted by Gasteiger charge is -2.22. The molecule has 1 aromatic heterocycles. The van der Waals surface area contributed by atoms with Crippen molar-refractivity contribution < 1.29 is 4.74 Å². The summed E-state index contributed by atoms with van der Waals surface area (Å²) < 4.78 is 5.54. The van der Waals surface area contributed by atoms with Crippen LogP contribution < -0.4 is 10.1 Å². The summed E-state index contributed by atoms with van der Waals surface area (Å²) in [5, 5.41) is 3.25. The van der Waals surface area contributed by atoms with Gasteiger partial charge in [-0.05, 0) is 25.2 Å². The number of ether oxygens (including phenoxy) is 1. The lowest BCUT2D eigenvalue weighted by atomic mass is 9.90. The van der Waals surface area contributed by atoms with Crippen LogP contribution in [0, 0.1) is 12.3 Å². The third-order valence-electron chi connectivity index (χ3n) is 2.60. The second-order valence-electron chi connectivity index (χ2n) is 6.26. The van der Waals surface area contributed by atoms with E-state index < -0.39 is 0 Å². The molecular formula is C15H26ClN3O. The van der Waals surface area contributed by atoms with Gasteiger partial charge in [0.05, 0.1) is 12.0 Å². The molecule has 114 valence electrons. The summed E-state index contributed by atoms with van der Waals surface area (Å²) in [7, 11) is 0.